The average molecular weight is 402 g/mol. The highest BCUT2D eigenvalue weighted by atomic mass is 35.5. The Morgan fingerprint density at radius 1 is 1.21 bits per heavy atom. The number of nitrogens with one attached hydrogen (secondary N) is 1. The Labute approximate surface area is 167 Å². The molecule has 0 saturated heterocycles. The zero-order chi connectivity index (χ0) is 19.9. The smallest absolute Gasteiger partial charge is 0.261 e. The van der Waals surface area contributed by atoms with Crippen LogP contribution >= 0.6 is 11.6 Å². The molecular formula is C20H20ClN3O4. The number of benzene rings is 2. The Kier molecular flexibility index (Phi) is 6.49. The molecule has 0 aliphatic rings. The van der Waals surface area contributed by atoms with Crippen LogP contribution in [0.25, 0.3) is 11.4 Å². The highest BCUT2D eigenvalue weighted by molar-refractivity contribution is 6.32. The minimum Gasteiger partial charge on any atom is -0.497 e. The van der Waals surface area contributed by atoms with Crippen LogP contribution in [0.2, 0.25) is 5.02 Å². The number of amides is 1. The van der Waals surface area contributed by atoms with Crippen molar-refractivity contribution in [3.8, 4) is 22.9 Å². The quantitative estimate of drug-likeness (QED) is 0.616. The Morgan fingerprint density at radius 3 is 2.64 bits per heavy atom. The van der Waals surface area contributed by atoms with Crippen LogP contribution in [-0.2, 0) is 11.3 Å². The van der Waals surface area contributed by atoms with Crippen molar-refractivity contribution in [2.45, 2.75) is 26.0 Å². The van der Waals surface area contributed by atoms with Crippen LogP contribution in [0.15, 0.2) is 53.1 Å². The Bertz CT molecular complexity index is 927. The standard InChI is InChI=1S/C20H20ClN3O4/c1-3-16(27-17-7-5-4-6-15(17)21)20(25)22-12-18-23-19(24-28-18)13-8-10-14(26-2)11-9-13/h4-11,16H,3,12H2,1-2H3,(H,22,25)/t16-/m0/s1. The molecule has 28 heavy (non-hydrogen) atoms. The summed E-state index contributed by atoms with van der Waals surface area (Å²) in [6.07, 6.45) is -0.193. The Hall–Kier alpha value is -3.06. The van der Waals surface area contributed by atoms with Crippen molar-refractivity contribution in [3.05, 3.63) is 59.4 Å². The fourth-order valence-electron chi connectivity index (χ4n) is 2.48. The molecule has 7 nitrogen and oxygen atoms in total. The third-order valence-corrected chi connectivity index (χ3v) is 4.31. The lowest BCUT2D eigenvalue weighted by atomic mass is 10.2. The largest absolute Gasteiger partial charge is 0.497 e. The maximum Gasteiger partial charge on any atom is 0.261 e. The van der Waals surface area contributed by atoms with Crippen LogP contribution in [0.1, 0.15) is 19.2 Å². The van der Waals surface area contributed by atoms with Gasteiger partial charge in [-0.25, -0.2) is 0 Å². The molecule has 2 aromatic carbocycles. The first kappa shape index (κ1) is 19.7. The number of hydrogen-bond donors (Lipinski definition) is 1. The third kappa shape index (κ3) is 4.80. The predicted molar refractivity (Wildman–Crippen MR) is 104 cm³/mol. The number of para-hydroxylation sites is 1. The van der Waals surface area contributed by atoms with Crippen LogP contribution in [0.5, 0.6) is 11.5 Å². The van der Waals surface area contributed by atoms with E-state index in [1.54, 1.807) is 31.4 Å². The van der Waals surface area contributed by atoms with E-state index in [0.717, 1.165) is 11.3 Å². The van der Waals surface area contributed by atoms with E-state index in [4.69, 9.17) is 25.6 Å². The summed E-state index contributed by atoms with van der Waals surface area (Å²) in [6, 6.07) is 14.3. The third-order valence-electron chi connectivity index (χ3n) is 4.00. The van der Waals surface area contributed by atoms with Gasteiger partial charge in [-0.2, -0.15) is 4.98 Å². The van der Waals surface area contributed by atoms with E-state index < -0.39 is 6.10 Å². The van der Waals surface area contributed by atoms with Gasteiger partial charge in [-0.05, 0) is 42.8 Å². The number of halogens is 1. The van der Waals surface area contributed by atoms with E-state index >= 15 is 0 Å². The van der Waals surface area contributed by atoms with Gasteiger partial charge >= 0.3 is 0 Å². The number of rotatable bonds is 8. The molecule has 0 fully saturated rings. The minimum atomic E-state index is -0.677. The second kappa shape index (κ2) is 9.23. The number of nitrogens with zero attached hydrogens (tertiary/aromatic N) is 2. The summed E-state index contributed by atoms with van der Waals surface area (Å²) in [5.74, 6) is 1.65. The maximum absolute atomic E-state index is 12.4. The zero-order valence-electron chi connectivity index (χ0n) is 15.5. The normalized spacial score (nSPS) is 11.7. The molecule has 3 rings (SSSR count). The first-order valence-electron chi connectivity index (χ1n) is 8.76. The van der Waals surface area contributed by atoms with Crippen LogP contribution in [-0.4, -0.2) is 29.3 Å². The molecule has 3 aromatic rings. The molecule has 1 N–H and O–H groups in total. The van der Waals surface area contributed by atoms with Gasteiger partial charge in [0, 0.05) is 5.56 Å². The SMILES string of the molecule is CC[C@H](Oc1ccccc1Cl)C(=O)NCc1nc(-c2ccc(OC)cc2)no1. The van der Waals surface area contributed by atoms with Gasteiger partial charge in [-0.3, -0.25) is 4.79 Å². The lowest BCUT2D eigenvalue weighted by molar-refractivity contribution is -0.128. The summed E-state index contributed by atoms with van der Waals surface area (Å²) >= 11 is 6.09. The predicted octanol–water partition coefficient (Wildman–Crippen LogP) is 3.87. The molecule has 146 valence electrons. The molecule has 1 amide bonds. The Balaban J connectivity index is 1.59. The van der Waals surface area contributed by atoms with Crippen LogP contribution in [0.4, 0.5) is 0 Å². The second-order valence-corrected chi connectivity index (χ2v) is 6.31. The lowest BCUT2D eigenvalue weighted by Gasteiger charge is -2.17. The number of hydrogen-bond acceptors (Lipinski definition) is 6. The summed E-state index contributed by atoms with van der Waals surface area (Å²) in [4.78, 5) is 16.7. The van der Waals surface area contributed by atoms with Gasteiger partial charge in [0.05, 0.1) is 18.7 Å². The number of aromatic nitrogens is 2. The molecule has 0 saturated carbocycles. The topological polar surface area (TPSA) is 86.5 Å². The molecule has 0 spiro atoms. The van der Waals surface area contributed by atoms with Crippen molar-refractivity contribution in [1.29, 1.82) is 0 Å². The van der Waals surface area contributed by atoms with Gasteiger partial charge in [0.15, 0.2) is 6.10 Å². The molecule has 0 aliphatic heterocycles. The Morgan fingerprint density at radius 2 is 1.96 bits per heavy atom. The number of carbonyl (C=O) groups is 1. The monoisotopic (exact) mass is 401 g/mol. The fraction of sp³-hybridized carbons (Fsp3) is 0.250. The van der Waals surface area contributed by atoms with Crippen molar-refractivity contribution in [1.82, 2.24) is 15.5 Å². The van der Waals surface area contributed by atoms with Gasteiger partial charge in [0.1, 0.15) is 11.5 Å². The summed E-state index contributed by atoms with van der Waals surface area (Å²) in [5.41, 5.74) is 0.788. The van der Waals surface area contributed by atoms with Crippen molar-refractivity contribution in [2.75, 3.05) is 7.11 Å². The lowest BCUT2D eigenvalue weighted by Crippen LogP contribution is -2.37. The van der Waals surface area contributed by atoms with Crippen molar-refractivity contribution >= 4 is 17.5 Å². The molecule has 0 radical (unpaired) electrons. The number of carbonyl (C=O) groups excluding carboxylic acids is 1. The fourth-order valence-corrected chi connectivity index (χ4v) is 2.66. The molecule has 1 aromatic heterocycles. The summed E-state index contributed by atoms with van der Waals surface area (Å²) in [5, 5.41) is 7.14. The van der Waals surface area contributed by atoms with Crippen molar-refractivity contribution < 1.29 is 18.8 Å². The first-order valence-corrected chi connectivity index (χ1v) is 9.14. The molecule has 1 heterocycles. The van der Waals surface area contributed by atoms with Gasteiger partial charge in [0.25, 0.3) is 5.91 Å². The molecule has 0 aliphatic carbocycles. The van der Waals surface area contributed by atoms with Gasteiger partial charge in [-0.1, -0.05) is 35.8 Å². The van der Waals surface area contributed by atoms with E-state index in [1.165, 1.54) is 0 Å². The van der Waals surface area contributed by atoms with E-state index in [1.807, 2.05) is 31.2 Å². The molecule has 1 atom stereocenters. The van der Waals surface area contributed by atoms with Crippen LogP contribution in [0, 0.1) is 0 Å². The van der Waals surface area contributed by atoms with Gasteiger partial charge in [-0.15, -0.1) is 0 Å². The molecular weight excluding hydrogens is 382 g/mol. The highest BCUT2D eigenvalue weighted by Gasteiger charge is 2.20. The number of ether oxygens (including phenoxy) is 2. The molecule has 0 unspecified atom stereocenters. The summed E-state index contributed by atoms with van der Waals surface area (Å²) in [7, 11) is 1.60. The van der Waals surface area contributed by atoms with Crippen molar-refractivity contribution in [2.24, 2.45) is 0 Å². The maximum atomic E-state index is 12.4. The molecule has 0 bridgehead atoms. The minimum absolute atomic E-state index is 0.102. The van der Waals surface area contributed by atoms with Crippen LogP contribution in [0.3, 0.4) is 0 Å². The zero-order valence-corrected chi connectivity index (χ0v) is 16.3. The highest BCUT2D eigenvalue weighted by Crippen LogP contribution is 2.25. The van der Waals surface area contributed by atoms with Crippen LogP contribution < -0.4 is 14.8 Å². The summed E-state index contributed by atoms with van der Waals surface area (Å²) in [6.45, 7) is 1.96. The summed E-state index contributed by atoms with van der Waals surface area (Å²) < 4.78 is 16.1. The second-order valence-electron chi connectivity index (χ2n) is 5.90. The van der Waals surface area contributed by atoms with Gasteiger partial charge < -0.3 is 19.3 Å². The van der Waals surface area contributed by atoms with E-state index in [0.29, 0.717) is 28.9 Å². The molecule has 8 heteroatoms. The van der Waals surface area contributed by atoms with Crippen molar-refractivity contribution in [3.63, 3.8) is 0 Å². The van der Waals surface area contributed by atoms with E-state index in [-0.39, 0.29) is 12.5 Å². The van der Waals surface area contributed by atoms with E-state index in [2.05, 4.69) is 15.5 Å². The average Bonchev–Trinajstić information content (AvgIpc) is 3.20. The first-order chi connectivity index (χ1) is 13.6. The van der Waals surface area contributed by atoms with Gasteiger partial charge in [0.2, 0.25) is 11.7 Å². The van der Waals surface area contributed by atoms with E-state index in [9.17, 15) is 4.79 Å². The number of methoxy groups -OCH3 is 1.